The molecule has 0 saturated carbocycles. The van der Waals surface area contributed by atoms with Crippen molar-refractivity contribution in [2.45, 2.75) is 58.3 Å². The Morgan fingerprint density at radius 1 is 0.944 bits per heavy atom. The molecule has 1 aliphatic heterocycles. The summed E-state index contributed by atoms with van der Waals surface area (Å²) >= 11 is 0. The molecule has 0 fully saturated rings. The average Bonchev–Trinajstić information content (AvgIpc) is 2.86. The number of ketones is 2. The molecular formula is C30H32N2O4. The van der Waals surface area contributed by atoms with Crippen LogP contribution in [0.1, 0.15) is 61.1 Å². The second-order valence-corrected chi connectivity index (χ2v) is 9.99. The zero-order valence-corrected chi connectivity index (χ0v) is 21.1. The van der Waals surface area contributed by atoms with E-state index in [0.717, 1.165) is 70.6 Å². The fourth-order valence-electron chi connectivity index (χ4n) is 5.76. The molecule has 1 N–H and O–H groups in total. The van der Waals surface area contributed by atoms with E-state index in [4.69, 9.17) is 4.74 Å². The number of Topliss-reactive ketones (excluding diaryl/α,β-unsaturated/α-hetero) is 2. The third-order valence-corrected chi connectivity index (χ3v) is 7.46. The molecule has 2 aromatic carbocycles. The van der Waals surface area contributed by atoms with Crippen LogP contribution in [0.2, 0.25) is 0 Å². The number of anilines is 1. The van der Waals surface area contributed by atoms with Crippen LogP contribution in [0.4, 0.5) is 5.69 Å². The maximum Gasteiger partial charge on any atom is 0.262 e. The van der Waals surface area contributed by atoms with Gasteiger partial charge >= 0.3 is 0 Å². The number of hydrogen-bond acceptors (Lipinski definition) is 5. The molecule has 1 heterocycles. The largest absolute Gasteiger partial charge is 0.484 e. The number of rotatable bonds is 5. The molecule has 36 heavy (non-hydrogen) atoms. The Labute approximate surface area is 212 Å². The minimum absolute atomic E-state index is 0.122. The maximum atomic E-state index is 13.2. The molecule has 0 unspecified atom stereocenters. The first kappa shape index (κ1) is 24.0. The standard InChI is InChI=1S/C30H32N2O4/c1-18-13-14-22(19(2)15-18)31-27(35)17-36-21-8-4-7-20(16-21)28-29-23(9-5-11-25(29)33)32(3)24-10-6-12-26(34)30(24)28/h4,7-8,13-16,28H,5-6,9-12,17H2,1-3H3,(H,31,35). The fraction of sp³-hybridized carbons (Fsp3) is 0.367. The Morgan fingerprint density at radius 2 is 1.61 bits per heavy atom. The Kier molecular flexibility index (Phi) is 6.52. The summed E-state index contributed by atoms with van der Waals surface area (Å²) in [7, 11) is 1.99. The van der Waals surface area contributed by atoms with Gasteiger partial charge in [-0.25, -0.2) is 0 Å². The van der Waals surface area contributed by atoms with Gasteiger partial charge in [-0.05, 0) is 68.9 Å². The minimum Gasteiger partial charge on any atom is -0.484 e. The van der Waals surface area contributed by atoms with Crippen molar-refractivity contribution >= 4 is 23.2 Å². The number of hydrogen-bond donors (Lipinski definition) is 1. The summed E-state index contributed by atoms with van der Waals surface area (Å²) in [5.74, 6) is 0.165. The summed E-state index contributed by atoms with van der Waals surface area (Å²) in [6.07, 6.45) is 4.37. The summed E-state index contributed by atoms with van der Waals surface area (Å²) in [6.45, 7) is 3.84. The number of ether oxygens (including phenoxy) is 1. The first-order valence-corrected chi connectivity index (χ1v) is 12.7. The highest BCUT2D eigenvalue weighted by atomic mass is 16.5. The van der Waals surface area contributed by atoms with Gasteiger partial charge in [-0.3, -0.25) is 14.4 Å². The van der Waals surface area contributed by atoms with Crippen LogP contribution in [0.5, 0.6) is 5.75 Å². The van der Waals surface area contributed by atoms with Crippen LogP contribution in [0.25, 0.3) is 0 Å². The molecule has 0 radical (unpaired) electrons. The Bertz CT molecular complexity index is 1280. The summed E-state index contributed by atoms with van der Waals surface area (Å²) in [6, 6.07) is 13.4. The third kappa shape index (κ3) is 4.48. The molecule has 5 rings (SSSR count). The van der Waals surface area contributed by atoms with Gasteiger partial charge in [0, 0.05) is 54.0 Å². The number of allylic oxidation sites excluding steroid dienone is 4. The Morgan fingerprint density at radius 3 is 2.25 bits per heavy atom. The number of carbonyl (C=O) groups excluding carboxylic acids is 3. The summed E-state index contributed by atoms with van der Waals surface area (Å²) in [4.78, 5) is 41.0. The molecule has 1 amide bonds. The molecule has 186 valence electrons. The van der Waals surface area contributed by atoms with E-state index in [1.807, 2.05) is 57.3 Å². The minimum atomic E-state index is -0.376. The lowest BCUT2D eigenvalue weighted by Gasteiger charge is -2.42. The van der Waals surface area contributed by atoms with Crippen molar-refractivity contribution in [3.8, 4) is 5.75 Å². The fourth-order valence-corrected chi connectivity index (χ4v) is 5.76. The number of aryl methyl sites for hydroxylation is 2. The lowest BCUT2D eigenvalue weighted by Crippen LogP contribution is -2.37. The first-order chi connectivity index (χ1) is 17.3. The van der Waals surface area contributed by atoms with Crippen LogP contribution in [-0.2, 0) is 14.4 Å². The van der Waals surface area contributed by atoms with Gasteiger partial charge < -0.3 is 15.0 Å². The Balaban J connectivity index is 1.41. The van der Waals surface area contributed by atoms with Crippen LogP contribution in [0.3, 0.4) is 0 Å². The van der Waals surface area contributed by atoms with E-state index in [1.165, 1.54) is 0 Å². The van der Waals surface area contributed by atoms with Crippen molar-refractivity contribution in [3.63, 3.8) is 0 Å². The second kappa shape index (κ2) is 9.76. The highest BCUT2D eigenvalue weighted by Gasteiger charge is 2.42. The topological polar surface area (TPSA) is 75.7 Å². The van der Waals surface area contributed by atoms with Crippen molar-refractivity contribution in [2.75, 3.05) is 19.0 Å². The summed E-state index contributed by atoms with van der Waals surface area (Å²) in [5.41, 5.74) is 7.35. The van der Waals surface area contributed by atoms with Crippen LogP contribution in [0, 0.1) is 13.8 Å². The van der Waals surface area contributed by atoms with Gasteiger partial charge in [0.2, 0.25) is 0 Å². The summed E-state index contributed by atoms with van der Waals surface area (Å²) in [5, 5.41) is 2.90. The molecule has 0 atom stereocenters. The molecule has 0 saturated heterocycles. The van der Waals surface area contributed by atoms with Gasteiger partial charge in [-0.15, -0.1) is 0 Å². The van der Waals surface area contributed by atoms with Crippen molar-refractivity contribution in [1.82, 2.24) is 4.90 Å². The van der Waals surface area contributed by atoms with Crippen LogP contribution in [-0.4, -0.2) is 36.0 Å². The molecule has 0 bridgehead atoms. The van der Waals surface area contributed by atoms with Gasteiger partial charge in [0.15, 0.2) is 18.2 Å². The van der Waals surface area contributed by atoms with E-state index in [1.54, 1.807) is 6.07 Å². The number of amides is 1. The molecule has 0 aromatic heterocycles. The van der Waals surface area contributed by atoms with Crippen molar-refractivity contribution in [1.29, 1.82) is 0 Å². The molecule has 3 aliphatic rings. The van der Waals surface area contributed by atoms with Gasteiger partial charge in [-0.1, -0.05) is 29.8 Å². The van der Waals surface area contributed by atoms with Crippen molar-refractivity contribution < 1.29 is 19.1 Å². The monoisotopic (exact) mass is 484 g/mol. The molecule has 2 aliphatic carbocycles. The average molecular weight is 485 g/mol. The van der Waals surface area contributed by atoms with E-state index < -0.39 is 0 Å². The van der Waals surface area contributed by atoms with Crippen molar-refractivity contribution in [2.24, 2.45) is 0 Å². The normalized spacial score (nSPS) is 18.2. The van der Waals surface area contributed by atoms with E-state index in [-0.39, 0.29) is 30.0 Å². The second-order valence-electron chi connectivity index (χ2n) is 9.99. The van der Waals surface area contributed by atoms with Crippen LogP contribution < -0.4 is 10.1 Å². The van der Waals surface area contributed by atoms with Crippen LogP contribution in [0.15, 0.2) is 65.0 Å². The van der Waals surface area contributed by atoms with Gasteiger partial charge in [-0.2, -0.15) is 0 Å². The van der Waals surface area contributed by atoms with E-state index in [2.05, 4.69) is 10.2 Å². The molecular weight excluding hydrogens is 452 g/mol. The van der Waals surface area contributed by atoms with Crippen LogP contribution >= 0.6 is 0 Å². The number of nitrogens with one attached hydrogen (secondary N) is 1. The predicted molar refractivity (Wildman–Crippen MR) is 139 cm³/mol. The third-order valence-electron chi connectivity index (χ3n) is 7.46. The van der Waals surface area contributed by atoms with Gasteiger partial charge in [0.1, 0.15) is 5.75 Å². The number of carbonyl (C=O) groups is 3. The van der Waals surface area contributed by atoms with Gasteiger partial charge in [0.05, 0.1) is 0 Å². The zero-order valence-electron chi connectivity index (χ0n) is 21.1. The SMILES string of the molecule is Cc1ccc(NC(=O)COc2cccc(C3C4=C(CCCC4=O)N(C)C4=C3C(=O)CCC4)c2)c(C)c1. The zero-order chi connectivity index (χ0) is 25.4. The smallest absolute Gasteiger partial charge is 0.262 e. The van der Waals surface area contributed by atoms with E-state index in [0.29, 0.717) is 18.6 Å². The summed E-state index contributed by atoms with van der Waals surface area (Å²) < 4.78 is 5.86. The molecule has 6 heteroatoms. The lowest BCUT2D eigenvalue weighted by atomic mass is 9.71. The van der Waals surface area contributed by atoms with E-state index >= 15 is 0 Å². The van der Waals surface area contributed by atoms with Gasteiger partial charge in [0.25, 0.3) is 5.91 Å². The van der Waals surface area contributed by atoms with Crippen molar-refractivity contribution in [3.05, 3.63) is 81.7 Å². The quantitative estimate of drug-likeness (QED) is 0.618. The highest BCUT2D eigenvalue weighted by Crippen LogP contribution is 2.48. The number of benzene rings is 2. The highest BCUT2D eigenvalue weighted by molar-refractivity contribution is 6.06. The Hall–Kier alpha value is -3.67. The maximum absolute atomic E-state index is 13.2. The first-order valence-electron chi connectivity index (χ1n) is 12.7. The predicted octanol–water partition coefficient (Wildman–Crippen LogP) is 5.36. The van der Waals surface area contributed by atoms with E-state index in [9.17, 15) is 14.4 Å². The molecule has 2 aromatic rings. The lowest BCUT2D eigenvalue weighted by molar-refractivity contribution is -0.118. The molecule has 0 spiro atoms. The molecule has 6 nitrogen and oxygen atoms in total. The number of nitrogens with zero attached hydrogens (tertiary/aromatic N) is 1.